The Labute approximate surface area is 115 Å². The Bertz CT molecular complexity index is 538. The summed E-state index contributed by atoms with van der Waals surface area (Å²) in [6.45, 7) is 0.562. The number of hydrogen-bond acceptors (Lipinski definition) is 3. The molecule has 0 heterocycles. The third kappa shape index (κ3) is 3.85. The molecule has 0 atom stereocenters. The number of anilines is 1. The molecule has 20 heavy (non-hydrogen) atoms. The third-order valence-electron chi connectivity index (χ3n) is 2.60. The number of benzene rings is 2. The molecule has 0 bridgehead atoms. The maximum absolute atomic E-state index is 13.3. The zero-order valence-electron chi connectivity index (χ0n) is 10.8. The highest BCUT2D eigenvalue weighted by Crippen LogP contribution is 2.21. The molecule has 106 valence electrons. The first-order chi connectivity index (χ1) is 9.66. The fraction of sp³-hybridized carbons (Fsp3) is 0.200. The van der Waals surface area contributed by atoms with Crippen LogP contribution in [0.1, 0.15) is 6.42 Å². The van der Waals surface area contributed by atoms with Gasteiger partial charge in [-0.15, -0.1) is 0 Å². The van der Waals surface area contributed by atoms with Gasteiger partial charge in [-0.3, -0.25) is 0 Å². The number of nitrogen functional groups attached to an aromatic ring is 1. The van der Waals surface area contributed by atoms with Crippen molar-refractivity contribution in [2.45, 2.75) is 6.42 Å². The normalized spacial score (nSPS) is 10.3. The zero-order chi connectivity index (χ0) is 14.4. The quantitative estimate of drug-likeness (QED) is 0.651. The first-order valence-electron chi connectivity index (χ1n) is 6.22. The lowest BCUT2D eigenvalue weighted by atomic mass is 10.3. The zero-order valence-corrected chi connectivity index (χ0v) is 10.8. The maximum atomic E-state index is 13.3. The summed E-state index contributed by atoms with van der Waals surface area (Å²) in [6, 6.07) is 10.6. The van der Waals surface area contributed by atoms with Crippen molar-refractivity contribution in [1.29, 1.82) is 0 Å². The van der Waals surface area contributed by atoms with Crippen LogP contribution in [0.3, 0.4) is 0 Å². The average molecular weight is 279 g/mol. The van der Waals surface area contributed by atoms with E-state index in [0.29, 0.717) is 24.5 Å². The molecule has 0 saturated carbocycles. The minimum absolute atomic E-state index is 0.173. The van der Waals surface area contributed by atoms with Crippen LogP contribution in [0.2, 0.25) is 0 Å². The second-order valence-corrected chi connectivity index (χ2v) is 4.17. The van der Waals surface area contributed by atoms with E-state index in [1.54, 1.807) is 24.3 Å². The van der Waals surface area contributed by atoms with Gasteiger partial charge in [-0.1, -0.05) is 6.07 Å². The number of hydrogen-bond donors (Lipinski definition) is 1. The van der Waals surface area contributed by atoms with Crippen LogP contribution in [0.5, 0.6) is 11.5 Å². The standard InChI is InChI=1S/C15H15F2NO2/c16-13-3-1-4-14(17)15(13)20-10-2-9-19-12-7-5-11(18)6-8-12/h1,3-8H,2,9-10,18H2. The highest BCUT2D eigenvalue weighted by atomic mass is 19.1. The predicted octanol–water partition coefficient (Wildman–Crippen LogP) is 3.39. The van der Waals surface area contributed by atoms with Crippen LogP contribution in [-0.4, -0.2) is 13.2 Å². The molecule has 5 heteroatoms. The van der Waals surface area contributed by atoms with Crippen molar-refractivity contribution in [1.82, 2.24) is 0 Å². The van der Waals surface area contributed by atoms with Crippen LogP contribution < -0.4 is 15.2 Å². The Morgan fingerprint density at radius 1 is 0.850 bits per heavy atom. The van der Waals surface area contributed by atoms with E-state index in [4.69, 9.17) is 15.2 Å². The Balaban J connectivity index is 1.73. The Morgan fingerprint density at radius 2 is 1.45 bits per heavy atom. The highest BCUT2D eigenvalue weighted by molar-refractivity contribution is 5.41. The van der Waals surface area contributed by atoms with Crippen molar-refractivity contribution in [3.05, 3.63) is 54.1 Å². The molecule has 0 aliphatic carbocycles. The molecule has 2 aromatic rings. The summed E-state index contributed by atoms with van der Waals surface area (Å²) in [4.78, 5) is 0. The molecule has 0 spiro atoms. The van der Waals surface area contributed by atoms with Crippen molar-refractivity contribution < 1.29 is 18.3 Å². The molecule has 0 fully saturated rings. The smallest absolute Gasteiger partial charge is 0.190 e. The topological polar surface area (TPSA) is 44.5 Å². The second kappa shape index (κ2) is 6.75. The molecular weight excluding hydrogens is 264 g/mol. The first-order valence-corrected chi connectivity index (χ1v) is 6.22. The molecule has 0 unspecified atom stereocenters. The van der Waals surface area contributed by atoms with Crippen molar-refractivity contribution >= 4 is 5.69 Å². The minimum atomic E-state index is -0.704. The Kier molecular flexibility index (Phi) is 4.76. The van der Waals surface area contributed by atoms with Gasteiger partial charge in [0.05, 0.1) is 13.2 Å². The number of ether oxygens (including phenoxy) is 2. The summed E-state index contributed by atoms with van der Waals surface area (Å²) in [5.74, 6) is -1.06. The van der Waals surface area contributed by atoms with E-state index in [-0.39, 0.29) is 12.4 Å². The first kappa shape index (κ1) is 14.1. The lowest BCUT2D eigenvalue weighted by Gasteiger charge is -2.09. The van der Waals surface area contributed by atoms with Crippen molar-refractivity contribution in [3.8, 4) is 11.5 Å². The highest BCUT2D eigenvalue weighted by Gasteiger charge is 2.08. The molecule has 0 amide bonds. The van der Waals surface area contributed by atoms with Gasteiger partial charge in [-0.25, -0.2) is 8.78 Å². The van der Waals surface area contributed by atoms with Crippen molar-refractivity contribution in [2.75, 3.05) is 18.9 Å². The van der Waals surface area contributed by atoms with E-state index in [2.05, 4.69) is 0 Å². The van der Waals surface area contributed by atoms with Gasteiger partial charge in [-0.2, -0.15) is 0 Å². The summed E-state index contributed by atoms with van der Waals surface area (Å²) in [5.41, 5.74) is 6.21. The molecule has 0 aliphatic heterocycles. The third-order valence-corrected chi connectivity index (χ3v) is 2.60. The molecule has 0 aliphatic rings. The number of halogens is 2. The fourth-order valence-electron chi connectivity index (χ4n) is 1.61. The van der Waals surface area contributed by atoms with Crippen LogP contribution in [-0.2, 0) is 0 Å². The Morgan fingerprint density at radius 3 is 2.10 bits per heavy atom. The molecule has 2 rings (SSSR count). The predicted molar refractivity (Wildman–Crippen MR) is 72.8 cm³/mol. The second-order valence-electron chi connectivity index (χ2n) is 4.17. The maximum Gasteiger partial charge on any atom is 0.190 e. The van der Waals surface area contributed by atoms with E-state index in [1.165, 1.54) is 6.07 Å². The fourth-order valence-corrected chi connectivity index (χ4v) is 1.61. The summed E-state index contributed by atoms with van der Waals surface area (Å²) in [6.07, 6.45) is 0.512. The van der Waals surface area contributed by atoms with Crippen LogP contribution >= 0.6 is 0 Å². The van der Waals surface area contributed by atoms with E-state index in [9.17, 15) is 8.78 Å². The van der Waals surface area contributed by atoms with E-state index >= 15 is 0 Å². The van der Waals surface area contributed by atoms with Gasteiger partial charge in [0.15, 0.2) is 17.4 Å². The molecule has 3 nitrogen and oxygen atoms in total. The van der Waals surface area contributed by atoms with Gasteiger partial charge >= 0.3 is 0 Å². The largest absolute Gasteiger partial charge is 0.493 e. The van der Waals surface area contributed by atoms with E-state index < -0.39 is 11.6 Å². The van der Waals surface area contributed by atoms with Crippen LogP contribution in [0.15, 0.2) is 42.5 Å². The van der Waals surface area contributed by atoms with Gasteiger partial charge in [0, 0.05) is 12.1 Å². The molecule has 2 aromatic carbocycles. The van der Waals surface area contributed by atoms with Crippen molar-refractivity contribution in [2.24, 2.45) is 0 Å². The van der Waals surface area contributed by atoms with Crippen LogP contribution in [0, 0.1) is 11.6 Å². The molecule has 2 N–H and O–H groups in total. The van der Waals surface area contributed by atoms with Crippen molar-refractivity contribution in [3.63, 3.8) is 0 Å². The summed E-state index contributed by atoms with van der Waals surface area (Å²) in [5, 5.41) is 0. The van der Waals surface area contributed by atoms with Gasteiger partial charge in [-0.05, 0) is 36.4 Å². The van der Waals surface area contributed by atoms with Gasteiger partial charge in [0.2, 0.25) is 0 Å². The summed E-state index contributed by atoms with van der Waals surface area (Å²) < 4.78 is 37.0. The minimum Gasteiger partial charge on any atom is -0.493 e. The Hall–Kier alpha value is -2.30. The molecule has 0 radical (unpaired) electrons. The van der Waals surface area contributed by atoms with Crippen LogP contribution in [0.25, 0.3) is 0 Å². The monoisotopic (exact) mass is 279 g/mol. The van der Waals surface area contributed by atoms with Gasteiger partial charge < -0.3 is 15.2 Å². The summed E-state index contributed by atoms with van der Waals surface area (Å²) in [7, 11) is 0. The lowest BCUT2D eigenvalue weighted by Crippen LogP contribution is -2.06. The van der Waals surface area contributed by atoms with Crippen LogP contribution in [0.4, 0.5) is 14.5 Å². The molecular formula is C15H15F2NO2. The molecule has 0 aromatic heterocycles. The average Bonchev–Trinajstić information content (AvgIpc) is 2.43. The molecule has 0 saturated heterocycles. The number of para-hydroxylation sites is 1. The number of nitrogens with two attached hydrogens (primary N) is 1. The number of rotatable bonds is 6. The van der Waals surface area contributed by atoms with E-state index in [1.807, 2.05) is 0 Å². The summed E-state index contributed by atoms with van der Waals surface area (Å²) >= 11 is 0. The van der Waals surface area contributed by atoms with Gasteiger partial charge in [0.1, 0.15) is 5.75 Å². The SMILES string of the molecule is Nc1ccc(OCCCOc2c(F)cccc2F)cc1. The lowest BCUT2D eigenvalue weighted by molar-refractivity contribution is 0.234. The van der Waals surface area contributed by atoms with Gasteiger partial charge in [0.25, 0.3) is 0 Å². The van der Waals surface area contributed by atoms with E-state index in [0.717, 1.165) is 12.1 Å².